The molecule has 0 unspecified atom stereocenters. The molecular formula is C51H100O7. The van der Waals surface area contributed by atoms with Crippen molar-refractivity contribution in [3.63, 3.8) is 0 Å². The average molecular weight is 825 g/mol. The molecule has 0 aliphatic carbocycles. The van der Waals surface area contributed by atoms with Gasteiger partial charge < -0.3 is 19.7 Å². The van der Waals surface area contributed by atoms with Gasteiger partial charge in [-0.1, -0.05) is 252 Å². The van der Waals surface area contributed by atoms with Crippen LogP contribution in [0.3, 0.4) is 0 Å². The maximum Gasteiger partial charge on any atom is 0.306 e. The fourth-order valence-electron chi connectivity index (χ4n) is 7.74. The highest BCUT2D eigenvalue weighted by molar-refractivity contribution is 5.71. The lowest BCUT2D eigenvalue weighted by Gasteiger charge is -2.18. The molecule has 0 aromatic carbocycles. The Morgan fingerprint density at radius 3 is 0.707 bits per heavy atom. The summed E-state index contributed by atoms with van der Waals surface area (Å²) in [5.41, 5.74) is 0. The van der Waals surface area contributed by atoms with E-state index in [-0.39, 0.29) is 36.6 Å². The molecule has 0 radical (unpaired) electrons. The molecule has 0 fully saturated rings. The lowest BCUT2D eigenvalue weighted by Crippen LogP contribution is -2.30. The Morgan fingerprint density at radius 2 is 0.483 bits per heavy atom. The van der Waals surface area contributed by atoms with Crippen molar-refractivity contribution < 1.29 is 34.1 Å². The predicted octanol–water partition coefficient (Wildman–Crippen LogP) is 15.6. The Balaban J connectivity index is 0. The molecule has 0 aliphatic heterocycles. The summed E-state index contributed by atoms with van der Waals surface area (Å²) < 4.78 is 16.8. The Hall–Kier alpha value is -1.63. The lowest BCUT2D eigenvalue weighted by molar-refractivity contribution is -0.167. The van der Waals surface area contributed by atoms with E-state index in [2.05, 4.69) is 20.8 Å². The fourth-order valence-corrected chi connectivity index (χ4v) is 7.74. The van der Waals surface area contributed by atoms with E-state index in [1.54, 1.807) is 0 Å². The smallest absolute Gasteiger partial charge is 0.306 e. The molecule has 0 heterocycles. The second-order valence-electron chi connectivity index (χ2n) is 17.5. The maximum absolute atomic E-state index is 12.8. The third-order valence-electron chi connectivity index (χ3n) is 11.6. The van der Waals surface area contributed by atoms with Crippen LogP contribution in [0.25, 0.3) is 0 Å². The molecule has 0 aromatic rings. The molecule has 0 amide bonds. The number of hydrogen-bond acceptors (Lipinski definition) is 6. The van der Waals surface area contributed by atoms with E-state index in [9.17, 15) is 14.4 Å². The summed E-state index contributed by atoms with van der Waals surface area (Å²) in [6.45, 7) is 6.67. The van der Waals surface area contributed by atoms with Crippen molar-refractivity contribution in [1.29, 1.82) is 0 Å². The summed E-state index contributed by atoms with van der Waals surface area (Å²) in [6.07, 6.45) is 49.3. The Labute approximate surface area is 360 Å². The molecule has 346 valence electrons. The Bertz CT molecular complexity index is 801. The normalized spacial score (nSPS) is 11.2. The number of carbonyl (C=O) groups excluding carboxylic acids is 3. The molecule has 7 nitrogen and oxygen atoms in total. The van der Waals surface area contributed by atoms with Crippen LogP contribution in [0.2, 0.25) is 0 Å². The standard InChI is InChI=1S/C51H98O6.H2O/c1-4-7-10-13-16-19-22-25-28-31-34-37-40-43-49(52)55-46-48(57-51(54)45-42-39-36-33-30-27-24-21-18-15-12-9-6-3)47-56-50(53)44-41-38-35-32-29-26-23-20-17-14-11-8-5-2;/h48H,4-47H2,1-3H3;1H2. The van der Waals surface area contributed by atoms with Crippen molar-refractivity contribution in [3.05, 3.63) is 0 Å². The fraction of sp³-hybridized carbons (Fsp3) is 0.941. The minimum Gasteiger partial charge on any atom is -0.462 e. The van der Waals surface area contributed by atoms with Crippen LogP contribution in [0.1, 0.15) is 290 Å². The number of esters is 3. The third kappa shape index (κ3) is 47.1. The summed E-state index contributed by atoms with van der Waals surface area (Å²) >= 11 is 0. The summed E-state index contributed by atoms with van der Waals surface area (Å²) in [5.74, 6) is -0.842. The molecule has 2 N–H and O–H groups in total. The predicted molar refractivity (Wildman–Crippen MR) is 246 cm³/mol. The van der Waals surface area contributed by atoms with Gasteiger partial charge in [0.1, 0.15) is 13.2 Å². The van der Waals surface area contributed by atoms with Gasteiger partial charge in [-0.2, -0.15) is 0 Å². The van der Waals surface area contributed by atoms with Gasteiger partial charge in [0.05, 0.1) is 0 Å². The first-order valence-corrected chi connectivity index (χ1v) is 25.5. The highest BCUT2D eigenvalue weighted by Gasteiger charge is 2.19. The van der Waals surface area contributed by atoms with Gasteiger partial charge in [0.15, 0.2) is 6.10 Å². The summed E-state index contributed by atoms with van der Waals surface area (Å²) in [6, 6.07) is 0. The van der Waals surface area contributed by atoms with Crippen LogP contribution in [0.5, 0.6) is 0 Å². The zero-order chi connectivity index (χ0) is 41.5. The number of hydrogen-bond donors (Lipinski definition) is 0. The van der Waals surface area contributed by atoms with Crippen LogP contribution >= 0.6 is 0 Å². The van der Waals surface area contributed by atoms with Crippen molar-refractivity contribution in [3.8, 4) is 0 Å². The highest BCUT2D eigenvalue weighted by Crippen LogP contribution is 2.16. The SMILES string of the molecule is CCCCCCCCCCCCCCCC(=O)OCC(COC(=O)CCCCCCCCCCCCCCC)OC(=O)CCCCCCCCCCCCCCC.O. The Kier molecular flexibility index (Phi) is 50.1. The lowest BCUT2D eigenvalue weighted by atomic mass is 10.0. The van der Waals surface area contributed by atoms with Gasteiger partial charge in [-0.25, -0.2) is 0 Å². The zero-order valence-electron chi connectivity index (χ0n) is 39.1. The first-order chi connectivity index (χ1) is 28.0. The minimum atomic E-state index is -0.759. The largest absolute Gasteiger partial charge is 0.462 e. The van der Waals surface area contributed by atoms with E-state index in [4.69, 9.17) is 14.2 Å². The van der Waals surface area contributed by atoms with Gasteiger partial charge in [0.2, 0.25) is 0 Å². The van der Waals surface area contributed by atoms with E-state index in [0.717, 1.165) is 57.8 Å². The number of rotatable bonds is 47. The zero-order valence-corrected chi connectivity index (χ0v) is 39.1. The van der Waals surface area contributed by atoms with E-state index >= 15 is 0 Å². The van der Waals surface area contributed by atoms with Gasteiger partial charge in [-0.05, 0) is 19.3 Å². The monoisotopic (exact) mass is 825 g/mol. The second-order valence-corrected chi connectivity index (χ2v) is 17.5. The van der Waals surface area contributed by atoms with Crippen molar-refractivity contribution in [2.75, 3.05) is 13.2 Å². The van der Waals surface area contributed by atoms with Crippen LogP contribution in [-0.2, 0) is 28.6 Å². The van der Waals surface area contributed by atoms with E-state index in [0.29, 0.717) is 19.3 Å². The first kappa shape index (κ1) is 58.5. The van der Waals surface area contributed by atoms with Crippen molar-refractivity contribution in [2.24, 2.45) is 0 Å². The second kappa shape index (κ2) is 49.7. The molecule has 0 aliphatic rings. The summed E-state index contributed by atoms with van der Waals surface area (Å²) in [7, 11) is 0. The molecule has 0 spiro atoms. The average Bonchev–Trinajstić information content (AvgIpc) is 3.21. The summed E-state index contributed by atoms with van der Waals surface area (Å²) in [4.78, 5) is 37.9. The van der Waals surface area contributed by atoms with Crippen LogP contribution in [0, 0.1) is 0 Å². The molecule has 58 heavy (non-hydrogen) atoms. The quantitative estimate of drug-likeness (QED) is 0.0343. The minimum absolute atomic E-state index is 0. The first-order valence-electron chi connectivity index (χ1n) is 25.5. The van der Waals surface area contributed by atoms with Crippen molar-refractivity contribution in [2.45, 2.75) is 297 Å². The van der Waals surface area contributed by atoms with Crippen LogP contribution in [0.15, 0.2) is 0 Å². The molecule has 0 rings (SSSR count). The highest BCUT2D eigenvalue weighted by atomic mass is 16.6. The van der Waals surface area contributed by atoms with Crippen molar-refractivity contribution >= 4 is 17.9 Å². The summed E-state index contributed by atoms with van der Waals surface area (Å²) in [5, 5.41) is 0. The maximum atomic E-state index is 12.8. The number of carbonyl (C=O) groups is 3. The molecule has 7 heteroatoms. The van der Waals surface area contributed by atoms with Gasteiger partial charge in [0.25, 0.3) is 0 Å². The molecule has 0 atom stereocenters. The van der Waals surface area contributed by atoms with E-state index in [1.165, 1.54) is 193 Å². The van der Waals surface area contributed by atoms with Crippen LogP contribution < -0.4 is 0 Å². The van der Waals surface area contributed by atoms with Gasteiger partial charge in [-0.15, -0.1) is 0 Å². The van der Waals surface area contributed by atoms with Gasteiger partial charge in [0, 0.05) is 19.3 Å². The molecule has 0 bridgehead atoms. The van der Waals surface area contributed by atoms with Crippen molar-refractivity contribution in [1.82, 2.24) is 0 Å². The molecular weight excluding hydrogens is 725 g/mol. The van der Waals surface area contributed by atoms with Gasteiger partial charge in [-0.3, -0.25) is 14.4 Å². The van der Waals surface area contributed by atoms with Crippen LogP contribution in [-0.4, -0.2) is 42.7 Å². The Morgan fingerprint density at radius 1 is 0.293 bits per heavy atom. The molecule has 0 aromatic heterocycles. The van der Waals surface area contributed by atoms with E-state index in [1.807, 2.05) is 0 Å². The molecule has 0 saturated heterocycles. The topological polar surface area (TPSA) is 110 Å². The van der Waals surface area contributed by atoms with Gasteiger partial charge >= 0.3 is 17.9 Å². The third-order valence-corrected chi connectivity index (χ3v) is 11.6. The number of unbranched alkanes of at least 4 members (excludes halogenated alkanes) is 36. The molecule has 0 saturated carbocycles. The van der Waals surface area contributed by atoms with E-state index < -0.39 is 6.10 Å². The van der Waals surface area contributed by atoms with Crippen LogP contribution in [0.4, 0.5) is 0 Å². The number of ether oxygens (including phenoxy) is 3.